The summed E-state index contributed by atoms with van der Waals surface area (Å²) < 4.78 is 0. The van der Waals surface area contributed by atoms with Crippen LogP contribution < -0.4 is 5.32 Å². The summed E-state index contributed by atoms with van der Waals surface area (Å²) in [6.07, 6.45) is 5.99. The summed E-state index contributed by atoms with van der Waals surface area (Å²) in [4.78, 5) is 24.6. The number of carbonyl (C=O) groups is 1. The normalized spacial score (nSPS) is 18.2. The van der Waals surface area contributed by atoms with E-state index in [1.165, 1.54) is 0 Å². The number of aromatic nitrogens is 3. The van der Waals surface area contributed by atoms with Crippen LogP contribution in [0.1, 0.15) is 22.5 Å². The second-order valence-electron chi connectivity index (χ2n) is 7.07. The largest absolute Gasteiger partial charge is 0.375 e. The first-order valence-electron chi connectivity index (χ1n) is 9.11. The number of amides is 1. The molecule has 3 N–H and O–H groups in total. The van der Waals surface area contributed by atoms with Crippen molar-refractivity contribution < 1.29 is 9.90 Å². The lowest BCUT2D eigenvalue weighted by molar-refractivity contribution is -0.133. The van der Waals surface area contributed by atoms with Gasteiger partial charge in [-0.05, 0) is 17.7 Å². The smallest absolute Gasteiger partial charge is 0.261 e. The number of para-hydroxylation sites is 2. The number of aliphatic hydroxyl groups is 1. The van der Waals surface area contributed by atoms with E-state index < -0.39 is 11.5 Å². The van der Waals surface area contributed by atoms with Gasteiger partial charge in [0.15, 0.2) is 5.60 Å². The molecule has 6 heteroatoms. The molecule has 6 nitrogen and oxygen atoms in total. The molecule has 0 spiro atoms. The molecule has 5 rings (SSSR count). The zero-order valence-corrected chi connectivity index (χ0v) is 15.0. The lowest BCUT2D eigenvalue weighted by Gasteiger charge is -2.20. The zero-order chi connectivity index (χ0) is 19.1. The van der Waals surface area contributed by atoms with E-state index in [0.717, 1.165) is 22.2 Å². The number of rotatable bonds is 4. The number of hydrogen-bond acceptors (Lipinski definition) is 4. The van der Waals surface area contributed by atoms with Gasteiger partial charge in [-0.3, -0.25) is 14.8 Å². The molecule has 1 aliphatic heterocycles. The van der Waals surface area contributed by atoms with Crippen LogP contribution in [0.5, 0.6) is 0 Å². The Labute approximate surface area is 161 Å². The molecule has 0 saturated carbocycles. The molecule has 2 aromatic heterocycles. The second kappa shape index (κ2) is 6.28. The Balaban J connectivity index is 1.44. The first-order chi connectivity index (χ1) is 13.6. The molecule has 1 aliphatic rings. The predicted octanol–water partition coefficient (Wildman–Crippen LogP) is 2.93. The van der Waals surface area contributed by atoms with Crippen molar-refractivity contribution in [1.29, 1.82) is 0 Å². The van der Waals surface area contributed by atoms with Crippen molar-refractivity contribution in [2.24, 2.45) is 0 Å². The van der Waals surface area contributed by atoms with Gasteiger partial charge in [0.25, 0.3) is 5.91 Å². The van der Waals surface area contributed by atoms with Crippen LogP contribution in [0.15, 0.2) is 67.1 Å². The Morgan fingerprint density at radius 2 is 1.79 bits per heavy atom. The van der Waals surface area contributed by atoms with E-state index in [2.05, 4.69) is 26.3 Å². The Hall–Kier alpha value is -3.51. The van der Waals surface area contributed by atoms with Crippen molar-refractivity contribution in [2.45, 2.75) is 18.4 Å². The van der Waals surface area contributed by atoms with E-state index in [1.807, 2.05) is 36.5 Å². The fourth-order valence-electron chi connectivity index (χ4n) is 3.83. The lowest BCUT2D eigenvalue weighted by atomic mass is 9.90. The van der Waals surface area contributed by atoms with Crippen LogP contribution in [0.4, 0.5) is 5.69 Å². The quantitative estimate of drug-likeness (QED) is 0.515. The van der Waals surface area contributed by atoms with Crippen molar-refractivity contribution in [2.75, 3.05) is 5.32 Å². The standard InChI is InChI=1S/C22H18N4O2/c27-21-22(28,18-6-2-4-8-20(18)26-21)10-16-13-23-12-15(25-16)9-14-11-24-19-7-3-1-5-17(14)19/h1-8,11-13,24,28H,9-10H2,(H,26,27). The van der Waals surface area contributed by atoms with Crippen LogP contribution in [0.25, 0.3) is 10.9 Å². The van der Waals surface area contributed by atoms with Gasteiger partial charge in [0, 0.05) is 53.6 Å². The van der Waals surface area contributed by atoms with Gasteiger partial charge in [-0.15, -0.1) is 0 Å². The van der Waals surface area contributed by atoms with Crippen LogP contribution in [-0.2, 0) is 23.2 Å². The highest BCUT2D eigenvalue weighted by Crippen LogP contribution is 2.37. The van der Waals surface area contributed by atoms with Crippen LogP contribution in [0, 0.1) is 0 Å². The van der Waals surface area contributed by atoms with Gasteiger partial charge < -0.3 is 15.4 Å². The van der Waals surface area contributed by atoms with Crippen molar-refractivity contribution in [1.82, 2.24) is 15.0 Å². The molecule has 28 heavy (non-hydrogen) atoms. The van der Waals surface area contributed by atoms with Gasteiger partial charge in [0.05, 0.1) is 11.4 Å². The van der Waals surface area contributed by atoms with Gasteiger partial charge in [-0.2, -0.15) is 0 Å². The summed E-state index contributed by atoms with van der Waals surface area (Å²) >= 11 is 0. The fraction of sp³-hybridized carbons (Fsp3) is 0.136. The molecule has 0 bridgehead atoms. The zero-order valence-electron chi connectivity index (χ0n) is 15.0. The van der Waals surface area contributed by atoms with Gasteiger partial charge >= 0.3 is 0 Å². The van der Waals surface area contributed by atoms with Crippen LogP contribution in [0.2, 0.25) is 0 Å². The first-order valence-corrected chi connectivity index (χ1v) is 9.11. The molecule has 4 aromatic rings. The molecule has 1 atom stereocenters. The van der Waals surface area contributed by atoms with Crippen LogP contribution in [0.3, 0.4) is 0 Å². The highest BCUT2D eigenvalue weighted by atomic mass is 16.3. The maximum absolute atomic E-state index is 12.4. The predicted molar refractivity (Wildman–Crippen MR) is 106 cm³/mol. The molecule has 0 aliphatic carbocycles. The average molecular weight is 370 g/mol. The molecular weight excluding hydrogens is 352 g/mol. The first kappa shape index (κ1) is 16.6. The highest BCUT2D eigenvalue weighted by Gasteiger charge is 2.45. The van der Waals surface area contributed by atoms with Crippen LogP contribution in [-0.4, -0.2) is 26.0 Å². The summed E-state index contributed by atoms with van der Waals surface area (Å²) in [6, 6.07) is 15.3. The van der Waals surface area contributed by atoms with E-state index in [4.69, 9.17) is 0 Å². The van der Waals surface area contributed by atoms with Gasteiger partial charge in [0.1, 0.15) is 0 Å². The van der Waals surface area contributed by atoms with Gasteiger partial charge in [-0.25, -0.2) is 0 Å². The topological polar surface area (TPSA) is 90.9 Å². The molecule has 1 amide bonds. The maximum atomic E-state index is 12.4. The molecule has 138 valence electrons. The van der Waals surface area contributed by atoms with E-state index >= 15 is 0 Å². The Kier molecular flexibility index (Phi) is 3.74. The van der Waals surface area contributed by atoms with E-state index in [1.54, 1.807) is 24.5 Å². The van der Waals surface area contributed by atoms with Crippen molar-refractivity contribution >= 4 is 22.5 Å². The number of nitrogens with zero attached hydrogens (tertiary/aromatic N) is 2. The number of hydrogen-bond donors (Lipinski definition) is 3. The summed E-state index contributed by atoms with van der Waals surface area (Å²) in [5.74, 6) is -0.433. The van der Waals surface area contributed by atoms with Crippen molar-refractivity contribution in [3.05, 3.63) is 89.6 Å². The minimum Gasteiger partial charge on any atom is -0.375 e. The summed E-state index contributed by atoms with van der Waals surface area (Å²) in [7, 11) is 0. The Morgan fingerprint density at radius 1 is 1.00 bits per heavy atom. The number of anilines is 1. The average Bonchev–Trinajstić information content (AvgIpc) is 3.22. The third-order valence-corrected chi connectivity index (χ3v) is 5.21. The number of benzene rings is 2. The SMILES string of the molecule is O=C1Nc2ccccc2C1(O)Cc1cncc(Cc2c[nH]c3ccccc23)n1. The Bertz CT molecular complexity index is 1200. The van der Waals surface area contributed by atoms with E-state index in [-0.39, 0.29) is 6.42 Å². The fourth-order valence-corrected chi connectivity index (χ4v) is 3.83. The molecule has 0 fully saturated rings. The number of fused-ring (bicyclic) bond motifs is 2. The summed E-state index contributed by atoms with van der Waals surface area (Å²) in [5.41, 5.74) is 3.15. The van der Waals surface area contributed by atoms with Crippen LogP contribution >= 0.6 is 0 Å². The maximum Gasteiger partial charge on any atom is 0.261 e. The van der Waals surface area contributed by atoms with Gasteiger partial charge in [0.2, 0.25) is 0 Å². The number of aromatic amines is 1. The lowest BCUT2D eigenvalue weighted by Crippen LogP contribution is -2.36. The molecule has 0 saturated heterocycles. The Morgan fingerprint density at radius 3 is 2.71 bits per heavy atom. The summed E-state index contributed by atoms with van der Waals surface area (Å²) in [5, 5.41) is 15.0. The molecule has 0 radical (unpaired) electrons. The van der Waals surface area contributed by atoms with Crippen molar-refractivity contribution in [3.8, 4) is 0 Å². The second-order valence-corrected chi connectivity index (χ2v) is 7.07. The van der Waals surface area contributed by atoms with Crippen molar-refractivity contribution in [3.63, 3.8) is 0 Å². The molecular formula is C22H18N4O2. The molecule has 2 aromatic carbocycles. The minimum absolute atomic E-state index is 0.0740. The van der Waals surface area contributed by atoms with Gasteiger partial charge in [-0.1, -0.05) is 36.4 Å². The molecule has 1 unspecified atom stereocenters. The van der Waals surface area contributed by atoms with E-state index in [9.17, 15) is 9.90 Å². The minimum atomic E-state index is -1.63. The monoisotopic (exact) mass is 370 g/mol. The summed E-state index contributed by atoms with van der Waals surface area (Å²) in [6.45, 7) is 0. The third kappa shape index (κ3) is 2.66. The number of nitrogens with one attached hydrogen (secondary N) is 2. The highest BCUT2D eigenvalue weighted by molar-refractivity contribution is 6.05. The number of H-pyrrole nitrogens is 1. The molecule has 3 heterocycles. The van der Waals surface area contributed by atoms with E-state index in [0.29, 0.717) is 23.4 Å². The third-order valence-electron chi connectivity index (χ3n) is 5.21. The number of carbonyl (C=O) groups excluding carboxylic acids is 1.